The highest BCUT2D eigenvalue weighted by molar-refractivity contribution is 6.03. The van der Waals surface area contributed by atoms with Crippen LogP contribution in [0.15, 0.2) is 36.7 Å². The lowest BCUT2D eigenvalue weighted by Crippen LogP contribution is -2.16. The summed E-state index contributed by atoms with van der Waals surface area (Å²) in [7, 11) is 7.67. The normalized spacial score (nSPS) is 10.1. The molecule has 2 aromatic heterocycles. The first kappa shape index (κ1) is 14.8. The van der Waals surface area contributed by atoms with Crippen LogP contribution in [-0.4, -0.2) is 44.1 Å². The molecule has 0 aliphatic carbocycles. The number of carbonyl (C=O) groups excluding carboxylic acids is 1. The number of rotatable bonds is 4. The van der Waals surface area contributed by atoms with Gasteiger partial charge in [0.05, 0.1) is 5.56 Å². The van der Waals surface area contributed by atoms with E-state index in [1.165, 1.54) is 0 Å². The summed E-state index contributed by atoms with van der Waals surface area (Å²) in [6.45, 7) is 0. The van der Waals surface area contributed by atoms with Crippen LogP contribution in [-0.2, 0) is 0 Å². The summed E-state index contributed by atoms with van der Waals surface area (Å²) >= 11 is 0. The number of amides is 1. The smallest absolute Gasteiger partial charge is 0.258 e. The van der Waals surface area contributed by atoms with Crippen molar-refractivity contribution in [2.24, 2.45) is 0 Å². The first-order valence-electron chi connectivity index (χ1n) is 6.55. The zero-order valence-corrected chi connectivity index (χ0v) is 12.7. The molecule has 0 aromatic carbocycles. The average Bonchev–Trinajstić information content (AvgIpc) is 2.47. The van der Waals surface area contributed by atoms with E-state index >= 15 is 0 Å². The van der Waals surface area contributed by atoms with E-state index in [1.54, 1.807) is 24.5 Å². The van der Waals surface area contributed by atoms with Gasteiger partial charge in [-0.25, -0.2) is 9.97 Å². The topological polar surface area (TPSA) is 61.4 Å². The highest BCUT2D eigenvalue weighted by atomic mass is 16.1. The second kappa shape index (κ2) is 6.21. The Morgan fingerprint density at radius 1 is 1.05 bits per heavy atom. The number of pyridine rings is 2. The fourth-order valence-corrected chi connectivity index (χ4v) is 1.74. The highest BCUT2D eigenvalue weighted by Gasteiger charge is 2.08. The molecule has 0 aliphatic rings. The van der Waals surface area contributed by atoms with Crippen molar-refractivity contribution < 1.29 is 4.79 Å². The number of hydrogen-bond acceptors (Lipinski definition) is 5. The first-order chi connectivity index (χ1) is 9.97. The van der Waals surface area contributed by atoms with E-state index in [-0.39, 0.29) is 5.91 Å². The minimum absolute atomic E-state index is 0.226. The van der Waals surface area contributed by atoms with Gasteiger partial charge in [-0.15, -0.1) is 0 Å². The monoisotopic (exact) mass is 285 g/mol. The van der Waals surface area contributed by atoms with Crippen LogP contribution in [0.4, 0.5) is 17.3 Å². The first-order valence-corrected chi connectivity index (χ1v) is 6.55. The summed E-state index contributed by atoms with van der Waals surface area (Å²) in [5.41, 5.74) is 1.47. The molecule has 0 spiro atoms. The Hall–Kier alpha value is -2.63. The second-order valence-corrected chi connectivity index (χ2v) is 5.05. The van der Waals surface area contributed by atoms with E-state index in [0.29, 0.717) is 11.4 Å². The molecule has 0 bridgehead atoms. The van der Waals surface area contributed by atoms with Crippen molar-refractivity contribution in [3.63, 3.8) is 0 Å². The Kier molecular flexibility index (Phi) is 4.37. The summed E-state index contributed by atoms with van der Waals surface area (Å²) in [5.74, 6) is 1.10. The molecule has 0 fully saturated rings. The number of aromatic nitrogens is 2. The fraction of sp³-hybridized carbons (Fsp3) is 0.267. The van der Waals surface area contributed by atoms with E-state index in [2.05, 4.69) is 15.3 Å². The zero-order chi connectivity index (χ0) is 15.4. The van der Waals surface area contributed by atoms with Crippen LogP contribution < -0.4 is 15.1 Å². The van der Waals surface area contributed by atoms with Crippen molar-refractivity contribution in [2.45, 2.75) is 0 Å². The van der Waals surface area contributed by atoms with E-state index in [1.807, 2.05) is 50.1 Å². The molecular weight excluding hydrogens is 266 g/mol. The van der Waals surface area contributed by atoms with Gasteiger partial charge in [-0.05, 0) is 18.2 Å². The van der Waals surface area contributed by atoms with Crippen molar-refractivity contribution in [1.29, 1.82) is 0 Å². The lowest BCUT2D eigenvalue weighted by atomic mass is 10.2. The maximum absolute atomic E-state index is 12.2. The maximum Gasteiger partial charge on any atom is 0.258 e. The van der Waals surface area contributed by atoms with E-state index in [9.17, 15) is 4.79 Å². The summed E-state index contributed by atoms with van der Waals surface area (Å²) in [6.07, 6.45) is 3.22. The highest BCUT2D eigenvalue weighted by Crippen LogP contribution is 2.15. The molecule has 1 amide bonds. The van der Waals surface area contributed by atoms with Crippen LogP contribution in [0.1, 0.15) is 10.4 Å². The molecular formula is C15H19N5O. The van der Waals surface area contributed by atoms with Gasteiger partial charge < -0.3 is 15.1 Å². The van der Waals surface area contributed by atoms with Crippen LogP contribution in [0.2, 0.25) is 0 Å². The predicted molar refractivity (Wildman–Crippen MR) is 85.1 cm³/mol. The van der Waals surface area contributed by atoms with Gasteiger partial charge in [-0.3, -0.25) is 4.79 Å². The Labute approximate surface area is 124 Å². The van der Waals surface area contributed by atoms with Gasteiger partial charge in [0, 0.05) is 52.3 Å². The summed E-state index contributed by atoms with van der Waals surface area (Å²) in [4.78, 5) is 24.4. The number of nitrogens with one attached hydrogen (secondary N) is 1. The van der Waals surface area contributed by atoms with Crippen molar-refractivity contribution in [2.75, 3.05) is 43.3 Å². The molecule has 2 heterocycles. The lowest BCUT2D eigenvalue weighted by molar-refractivity contribution is 0.102. The van der Waals surface area contributed by atoms with Crippen molar-refractivity contribution in [3.8, 4) is 0 Å². The van der Waals surface area contributed by atoms with E-state index in [4.69, 9.17) is 0 Å². The summed E-state index contributed by atoms with van der Waals surface area (Å²) in [5, 5.41) is 2.77. The standard InChI is InChI=1S/C15H19N5O/c1-19(2)12-7-8-16-13(9-12)18-15(21)11-5-6-14(17-10-11)20(3)4/h5-10H,1-4H3,(H,16,18,21). The van der Waals surface area contributed by atoms with Gasteiger partial charge in [0.15, 0.2) is 0 Å². The quantitative estimate of drug-likeness (QED) is 0.929. The molecule has 110 valence electrons. The fourth-order valence-electron chi connectivity index (χ4n) is 1.74. The van der Waals surface area contributed by atoms with Crippen LogP contribution in [0.3, 0.4) is 0 Å². The van der Waals surface area contributed by atoms with Gasteiger partial charge in [0.25, 0.3) is 5.91 Å². The molecule has 21 heavy (non-hydrogen) atoms. The second-order valence-electron chi connectivity index (χ2n) is 5.05. The van der Waals surface area contributed by atoms with E-state index in [0.717, 1.165) is 11.5 Å². The Morgan fingerprint density at radius 3 is 2.38 bits per heavy atom. The Balaban J connectivity index is 2.12. The molecule has 6 heteroatoms. The van der Waals surface area contributed by atoms with Gasteiger partial charge in [0.2, 0.25) is 0 Å². The number of nitrogens with zero attached hydrogens (tertiary/aromatic N) is 4. The minimum Gasteiger partial charge on any atom is -0.378 e. The van der Waals surface area contributed by atoms with Crippen molar-refractivity contribution in [1.82, 2.24) is 9.97 Å². The summed E-state index contributed by atoms with van der Waals surface area (Å²) in [6, 6.07) is 7.24. The third kappa shape index (κ3) is 3.68. The average molecular weight is 285 g/mol. The molecule has 0 unspecified atom stereocenters. The van der Waals surface area contributed by atoms with Crippen LogP contribution in [0, 0.1) is 0 Å². The summed E-state index contributed by atoms with van der Waals surface area (Å²) < 4.78 is 0. The van der Waals surface area contributed by atoms with Gasteiger partial charge in [0.1, 0.15) is 11.6 Å². The lowest BCUT2D eigenvalue weighted by Gasteiger charge is -2.13. The van der Waals surface area contributed by atoms with Crippen LogP contribution in [0.25, 0.3) is 0 Å². The third-order valence-electron chi connectivity index (χ3n) is 2.97. The van der Waals surface area contributed by atoms with Crippen molar-refractivity contribution >= 4 is 23.2 Å². The Morgan fingerprint density at radius 2 is 1.81 bits per heavy atom. The number of anilines is 3. The van der Waals surface area contributed by atoms with Gasteiger partial charge in [-0.2, -0.15) is 0 Å². The number of carbonyl (C=O) groups is 1. The Bertz CT molecular complexity index is 622. The molecule has 0 radical (unpaired) electrons. The van der Waals surface area contributed by atoms with Crippen molar-refractivity contribution in [3.05, 3.63) is 42.2 Å². The molecule has 0 atom stereocenters. The minimum atomic E-state index is -0.226. The van der Waals surface area contributed by atoms with Gasteiger partial charge in [-0.1, -0.05) is 0 Å². The number of hydrogen-bond donors (Lipinski definition) is 1. The SMILES string of the molecule is CN(C)c1ccnc(NC(=O)c2ccc(N(C)C)nc2)c1. The molecule has 0 saturated carbocycles. The predicted octanol–water partition coefficient (Wildman–Crippen LogP) is 1.86. The molecule has 2 rings (SSSR count). The molecule has 6 nitrogen and oxygen atoms in total. The molecule has 0 saturated heterocycles. The van der Waals surface area contributed by atoms with Crippen LogP contribution >= 0.6 is 0 Å². The van der Waals surface area contributed by atoms with Crippen LogP contribution in [0.5, 0.6) is 0 Å². The van der Waals surface area contributed by atoms with E-state index < -0.39 is 0 Å². The molecule has 0 aliphatic heterocycles. The zero-order valence-electron chi connectivity index (χ0n) is 12.7. The maximum atomic E-state index is 12.2. The molecule has 1 N–H and O–H groups in total. The third-order valence-corrected chi connectivity index (χ3v) is 2.97. The van der Waals surface area contributed by atoms with Gasteiger partial charge >= 0.3 is 0 Å². The molecule has 2 aromatic rings. The largest absolute Gasteiger partial charge is 0.378 e.